The minimum absolute atomic E-state index is 0.416. The van der Waals surface area contributed by atoms with E-state index in [1.165, 1.54) is 58.0 Å². The number of nitriles is 1. The minimum atomic E-state index is 0.416. The smallest absolute Gasteiger partial charge is 0.0628 e. The standard InChI is InChI=1S/C14H22N2/c15-9-8-14(6-7-14)11-16-10-2-4-12-3-1-5-13(12)16/h12-13H,1-8,10-11H2. The fraction of sp³-hybridized carbons (Fsp3) is 0.929. The number of hydrogen-bond donors (Lipinski definition) is 0. The van der Waals surface area contributed by atoms with Gasteiger partial charge in [0.15, 0.2) is 0 Å². The predicted molar refractivity (Wildman–Crippen MR) is 63.8 cm³/mol. The molecule has 1 saturated heterocycles. The Kier molecular flexibility index (Phi) is 2.67. The zero-order chi connectivity index (χ0) is 11.0. The van der Waals surface area contributed by atoms with E-state index in [1.54, 1.807) is 0 Å². The molecule has 2 atom stereocenters. The number of hydrogen-bond acceptors (Lipinski definition) is 2. The maximum Gasteiger partial charge on any atom is 0.0628 e. The van der Waals surface area contributed by atoms with Crippen molar-refractivity contribution in [3.63, 3.8) is 0 Å². The number of fused-ring (bicyclic) bond motifs is 1. The molecule has 16 heavy (non-hydrogen) atoms. The number of likely N-dealkylation sites (tertiary alicyclic amines) is 1. The van der Waals surface area contributed by atoms with E-state index in [2.05, 4.69) is 11.0 Å². The SMILES string of the molecule is N#CCC1(CN2CCCC3CCCC32)CC1. The fourth-order valence-electron chi connectivity index (χ4n) is 3.92. The van der Waals surface area contributed by atoms with E-state index in [9.17, 15) is 0 Å². The minimum Gasteiger partial charge on any atom is -0.300 e. The van der Waals surface area contributed by atoms with E-state index in [-0.39, 0.29) is 0 Å². The summed E-state index contributed by atoms with van der Waals surface area (Å²) in [6, 6.07) is 3.27. The molecule has 2 nitrogen and oxygen atoms in total. The first kappa shape index (κ1) is 10.6. The first-order valence-corrected chi connectivity index (χ1v) is 6.94. The molecule has 0 amide bonds. The van der Waals surface area contributed by atoms with Crippen LogP contribution in [0.5, 0.6) is 0 Å². The molecule has 2 heteroatoms. The quantitative estimate of drug-likeness (QED) is 0.728. The fourth-order valence-corrected chi connectivity index (χ4v) is 3.92. The van der Waals surface area contributed by atoms with Gasteiger partial charge in [-0.1, -0.05) is 6.42 Å². The molecule has 0 N–H and O–H groups in total. The van der Waals surface area contributed by atoms with E-state index < -0.39 is 0 Å². The van der Waals surface area contributed by atoms with Crippen LogP contribution < -0.4 is 0 Å². The van der Waals surface area contributed by atoms with Crippen molar-refractivity contribution in [3.05, 3.63) is 0 Å². The highest BCUT2D eigenvalue weighted by Gasteiger charge is 2.46. The maximum absolute atomic E-state index is 8.89. The topological polar surface area (TPSA) is 27.0 Å². The summed E-state index contributed by atoms with van der Waals surface area (Å²) in [5.41, 5.74) is 0.416. The molecule has 1 heterocycles. The van der Waals surface area contributed by atoms with Gasteiger partial charge in [-0.2, -0.15) is 5.26 Å². The molecule has 0 aromatic heterocycles. The second kappa shape index (κ2) is 4.04. The Morgan fingerprint density at radius 2 is 2.00 bits per heavy atom. The molecule has 0 aromatic carbocycles. The third-order valence-corrected chi connectivity index (χ3v) is 5.06. The average molecular weight is 218 g/mol. The van der Waals surface area contributed by atoms with Gasteiger partial charge in [-0.15, -0.1) is 0 Å². The summed E-state index contributed by atoms with van der Waals surface area (Å²) < 4.78 is 0. The van der Waals surface area contributed by atoms with Crippen LogP contribution in [-0.2, 0) is 0 Å². The summed E-state index contributed by atoms with van der Waals surface area (Å²) in [5, 5.41) is 8.89. The lowest BCUT2D eigenvalue weighted by Gasteiger charge is -2.39. The summed E-state index contributed by atoms with van der Waals surface area (Å²) in [7, 11) is 0. The van der Waals surface area contributed by atoms with Crippen LogP contribution in [0.4, 0.5) is 0 Å². The summed E-state index contributed by atoms with van der Waals surface area (Å²) in [4.78, 5) is 2.74. The Hall–Kier alpha value is -0.550. The molecule has 3 rings (SSSR count). The number of piperidine rings is 1. The van der Waals surface area contributed by atoms with Gasteiger partial charge >= 0.3 is 0 Å². The van der Waals surface area contributed by atoms with Crippen LogP contribution in [-0.4, -0.2) is 24.0 Å². The molecule has 0 spiro atoms. The zero-order valence-electron chi connectivity index (χ0n) is 10.1. The molecule has 2 unspecified atom stereocenters. The van der Waals surface area contributed by atoms with Crippen molar-refractivity contribution in [2.24, 2.45) is 11.3 Å². The van der Waals surface area contributed by atoms with Crippen molar-refractivity contribution in [1.29, 1.82) is 5.26 Å². The van der Waals surface area contributed by atoms with Crippen molar-refractivity contribution in [2.75, 3.05) is 13.1 Å². The largest absolute Gasteiger partial charge is 0.300 e. The third-order valence-electron chi connectivity index (χ3n) is 5.06. The molecule has 0 bridgehead atoms. The zero-order valence-corrected chi connectivity index (χ0v) is 10.1. The van der Waals surface area contributed by atoms with E-state index in [0.717, 1.165) is 18.4 Å². The summed E-state index contributed by atoms with van der Waals surface area (Å²) >= 11 is 0. The van der Waals surface area contributed by atoms with Crippen LogP contribution >= 0.6 is 0 Å². The van der Waals surface area contributed by atoms with Crippen LogP contribution in [0.15, 0.2) is 0 Å². The van der Waals surface area contributed by atoms with E-state index in [1.807, 2.05) is 0 Å². The lowest BCUT2D eigenvalue weighted by molar-refractivity contribution is 0.0898. The summed E-state index contributed by atoms with van der Waals surface area (Å²) in [6.45, 7) is 2.52. The monoisotopic (exact) mass is 218 g/mol. The highest BCUT2D eigenvalue weighted by Crippen LogP contribution is 2.50. The lowest BCUT2D eigenvalue weighted by atomic mass is 9.90. The molecular weight excluding hydrogens is 196 g/mol. The molecule has 2 aliphatic carbocycles. The van der Waals surface area contributed by atoms with Crippen LogP contribution in [0.2, 0.25) is 0 Å². The van der Waals surface area contributed by atoms with Crippen LogP contribution in [0.3, 0.4) is 0 Å². The molecule has 0 aromatic rings. The van der Waals surface area contributed by atoms with Gasteiger partial charge in [0.25, 0.3) is 0 Å². The van der Waals surface area contributed by atoms with Crippen molar-refractivity contribution < 1.29 is 0 Å². The molecule has 88 valence electrons. The van der Waals surface area contributed by atoms with Gasteiger partial charge in [0.2, 0.25) is 0 Å². The Morgan fingerprint density at radius 1 is 1.19 bits per heavy atom. The lowest BCUT2D eigenvalue weighted by Crippen LogP contribution is -2.45. The Balaban J connectivity index is 1.64. The third kappa shape index (κ3) is 1.86. The predicted octanol–water partition coefficient (Wildman–Crippen LogP) is 2.94. The van der Waals surface area contributed by atoms with Gasteiger partial charge in [-0.3, -0.25) is 4.90 Å². The molecular formula is C14H22N2. The Morgan fingerprint density at radius 3 is 2.75 bits per heavy atom. The van der Waals surface area contributed by atoms with Gasteiger partial charge in [-0.25, -0.2) is 0 Å². The van der Waals surface area contributed by atoms with Crippen molar-refractivity contribution in [1.82, 2.24) is 4.90 Å². The highest BCUT2D eigenvalue weighted by atomic mass is 15.2. The van der Waals surface area contributed by atoms with E-state index >= 15 is 0 Å². The number of nitrogens with zero attached hydrogens (tertiary/aromatic N) is 2. The highest BCUT2D eigenvalue weighted by molar-refractivity contribution is 5.03. The van der Waals surface area contributed by atoms with Gasteiger partial charge in [-0.05, 0) is 56.4 Å². The molecule has 1 aliphatic heterocycles. The molecule has 2 saturated carbocycles. The average Bonchev–Trinajstić information content (AvgIpc) is 2.87. The van der Waals surface area contributed by atoms with Crippen molar-refractivity contribution in [3.8, 4) is 6.07 Å². The molecule has 3 fully saturated rings. The first-order valence-electron chi connectivity index (χ1n) is 6.94. The van der Waals surface area contributed by atoms with Gasteiger partial charge < -0.3 is 0 Å². The van der Waals surface area contributed by atoms with Crippen molar-refractivity contribution >= 4 is 0 Å². The Bertz CT molecular complexity index is 300. The Labute approximate surface area is 98.6 Å². The number of rotatable bonds is 3. The second-order valence-electron chi connectivity index (χ2n) is 6.21. The molecule has 3 aliphatic rings. The van der Waals surface area contributed by atoms with E-state index in [4.69, 9.17) is 5.26 Å². The van der Waals surface area contributed by atoms with Gasteiger partial charge in [0.05, 0.1) is 6.07 Å². The van der Waals surface area contributed by atoms with Gasteiger partial charge in [0, 0.05) is 19.0 Å². The molecule has 0 radical (unpaired) electrons. The maximum atomic E-state index is 8.89. The first-order chi connectivity index (χ1) is 7.83. The van der Waals surface area contributed by atoms with Crippen molar-refractivity contribution in [2.45, 2.75) is 57.4 Å². The van der Waals surface area contributed by atoms with E-state index in [0.29, 0.717) is 5.41 Å². The second-order valence-corrected chi connectivity index (χ2v) is 6.21. The van der Waals surface area contributed by atoms with Crippen LogP contribution in [0.25, 0.3) is 0 Å². The summed E-state index contributed by atoms with van der Waals surface area (Å²) in [5.74, 6) is 0.992. The normalized spacial score (nSPS) is 36.7. The van der Waals surface area contributed by atoms with Crippen LogP contribution in [0.1, 0.15) is 51.4 Å². The van der Waals surface area contributed by atoms with Crippen LogP contribution in [0, 0.1) is 22.7 Å². The summed E-state index contributed by atoms with van der Waals surface area (Å²) in [6.07, 6.45) is 10.6. The van der Waals surface area contributed by atoms with Gasteiger partial charge in [0.1, 0.15) is 0 Å².